The number of hydrogen-bond donors (Lipinski definition) is 2. The van der Waals surface area contributed by atoms with Crippen LogP contribution in [0, 0.1) is 5.92 Å². The number of hydrogen-bond acceptors (Lipinski definition) is 7. The molecule has 3 aliphatic rings. The van der Waals surface area contributed by atoms with E-state index in [0.717, 1.165) is 37.9 Å². The van der Waals surface area contributed by atoms with Crippen LogP contribution in [-0.2, 0) is 33.3 Å². The maximum atomic E-state index is 12.3. The number of epoxide rings is 1. The predicted molar refractivity (Wildman–Crippen MR) is 143 cm³/mol. The Morgan fingerprint density at radius 1 is 1.13 bits per heavy atom. The highest BCUT2D eigenvalue weighted by atomic mass is 16.6. The van der Waals surface area contributed by atoms with Gasteiger partial charge < -0.3 is 29.6 Å². The summed E-state index contributed by atoms with van der Waals surface area (Å²) in [6.07, 6.45) is 12.1. The summed E-state index contributed by atoms with van der Waals surface area (Å²) >= 11 is 0. The van der Waals surface area contributed by atoms with Crippen molar-refractivity contribution in [2.45, 2.75) is 109 Å². The molecular weight excluding hydrogens is 488 g/mol. The molecule has 0 aliphatic carbocycles. The molecule has 0 aromatic rings. The summed E-state index contributed by atoms with van der Waals surface area (Å²) in [6.45, 7) is 9.97. The lowest BCUT2D eigenvalue weighted by atomic mass is 9.88. The summed E-state index contributed by atoms with van der Waals surface area (Å²) < 4.78 is 23.2. The normalized spacial score (nSPS) is 34.3. The Labute approximate surface area is 226 Å². The molecule has 3 rings (SSSR count). The molecule has 0 radical (unpaired) electrons. The lowest BCUT2D eigenvalue weighted by molar-refractivity contribution is -0.143. The van der Waals surface area contributed by atoms with E-state index in [0.29, 0.717) is 6.42 Å². The molecule has 2 amide bonds. The molecule has 0 bridgehead atoms. The highest BCUT2D eigenvalue weighted by Gasteiger charge is 2.51. The highest BCUT2D eigenvalue weighted by molar-refractivity contribution is 5.87. The third kappa shape index (κ3) is 9.36. The molecule has 212 valence electrons. The summed E-state index contributed by atoms with van der Waals surface area (Å²) in [6, 6.07) is -0.0875. The molecule has 8 atom stereocenters. The zero-order valence-corrected chi connectivity index (χ0v) is 23.5. The van der Waals surface area contributed by atoms with Crippen LogP contribution in [0.2, 0.25) is 0 Å². The van der Waals surface area contributed by atoms with Gasteiger partial charge in [0.25, 0.3) is 0 Å². The van der Waals surface area contributed by atoms with E-state index in [9.17, 15) is 14.4 Å². The van der Waals surface area contributed by atoms with Crippen LogP contribution in [-0.4, -0.2) is 73.6 Å². The van der Waals surface area contributed by atoms with Crippen molar-refractivity contribution in [3.63, 3.8) is 0 Å². The lowest BCUT2D eigenvalue weighted by Crippen LogP contribution is -2.50. The summed E-state index contributed by atoms with van der Waals surface area (Å²) in [4.78, 5) is 35.2. The molecule has 1 unspecified atom stereocenters. The first-order chi connectivity index (χ1) is 18.0. The Balaban J connectivity index is 1.47. The van der Waals surface area contributed by atoms with E-state index in [-0.39, 0.29) is 59.8 Å². The lowest BCUT2D eigenvalue weighted by Gasteiger charge is -2.39. The Morgan fingerprint density at radius 2 is 1.87 bits per heavy atom. The molecule has 9 nitrogen and oxygen atoms in total. The molecule has 3 fully saturated rings. The minimum atomic E-state index is -0.456. The van der Waals surface area contributed by atoms with Gasteiger partial charge in [-0.25, -0.2) is 0 Å². The van der Waals surface area contributed by atoms with Gasteiger partial charge in [0.1, 0.15) is 6.10 Å². The van der Waals surface area contributed by atoms with Crippen molar-refractivity contribution >= 4 is 17.8 Å². The minimum absolute atomic E-state index is 0.0190. The summed E-state index contributed by atoms with van der Waals surface area (Å²) in [5.41, 5.74) is 0.992. The van der Waals surface area contributed by atoms with Crippen LogP contribution in [0.4, 0.5) is 0 Å². The number of allylic oxidation sites excluding steroid dienone is 2. The fraction of sp³-hybridized carbons (Fsp3) is 0.690. The van der Waals surface area contributed by atoms with E-state index in [1.807, 2.05) is 6.92 Å². The number of esters is 1. The second-order valence-corrected chi connectivity index (χ2v) is 11.0. The largest absolute Gasteiger partial charge is 0.459 e. The van der Waals surface area contributed by atoms with E-state index in [1.165, 1.54) is 13.0 Å². The molecule has 2 N–H and O–H groups in total. The first-order valence-electron chi connectivity index (χ1n) is 13.6. The van der Waals surface area contributed by atoms with Gasteiger partial charge in [0.05, 0.1) is 49.1 Å². The standard InChI is InChI=1S/C29H44N2O7/c1-18(7-10-23-15-29(17-35-29)16-24(38-23)14-28(34)30-6)8-11-26-19(2)13-25(21(4)37-26)31-27(33)12-9-20(3)36-22(5)32/h7-10,12,19-21,23-26H,11,13-17H2,1-6H3,(H,30,34)(H,31,33)/b10-7+,12-9-,18-8+/t19-,20-,21+,23+,24+,25+,26-,29?/m0/s1. The van der Waals surface area contributed by atoms with Crippen molar-refractivity contribution < 1.29 is 33.3 Å². The Hall–Kier alpha value is -2.49. The smallest absolute Gasteiger partial charge is 0.303 e. The van der Waals surface area contributed by atoms with Gasteiger partial charge >= 0.3 is 5.97 Å². The minimum Gasteiger partial charge on any atom is -0.459 e. The van der Waals surface area contributed by atoms with Crippen molar-refractivity contribution in [1.29, 1.82) is 0 Å². The zero-order valence-electron chi connectivity index (χ0n) is 23.5. The Bertz CT molecular complexity index is 939. The van der Waals surface area contributed by atoms with Crippen LogP contribution in [0.1, 0.15) is 66.7 Å². The second-order valence-electron chi connectivity index (χ2n) is 11.0. The SMILES string of the molecule is CNC(=O)C[C@@H]1CC2(CO2)C[C@@H](/C=C/C(C)=C/C[C@@H]2O[C@H](C)[C@H](NC(=O)/C=C\[C@H](C)OC(C)=O)C[C@@H]2C)O1. The molecule has 1 spiro atoms. The molecule has 38 heavy (non-hydrogen) atoms. The van der Waals surface area contributed by atoms with Crippen LogP contribution in [0.25, 0.3) is 0 Å². The van der Waals surface area contributed by atoms with E-state index in [4.69, 9.17) is 18.9 Å². The predicted octanol–water partition coefficient (Wildman–Crippen LogP) is 3.14. The number of carbonyl (C=O) groups excluding carboxylic acids is 3. The third-order valence-electron chi connectivity index (χ3n) is 7.45. The average Bonchev–Trinajstić information content (AvgIpc) is 3.59. The quantitative estimate of drug-likeness (QED) is 0.192. The van der Waals surface area contributed by atoms with Crippen molar-refractivity contribution in [1.82, 2.24) is 10.6 Å². The molecule has 0 saturated carbocycles. The summed E-state index contributed by atoms with van der Waals surface area (Å²) in [5.74, 6) is -0.356. The average molecular weight is 533 g/mol. The molecule has 0 aromatic heterocycles. The van der Waals surface area contributed by atoms with E-state index in [2.05, 4.69) is 42.7 Å². The van der Waals surface area contributed by atoms with Crippen molar-refractivity contribution in [3.8, 4) is 0 Å². The van der Waals surface area contributed by atoms with Crippen LogP contribution in [0.5, 0.6) is 0 Å². The van der Waals surface area contributed by atoms with Gasteiger partial charge in [-0.05, 0) is 45.6 Å². The fourth-order valence-corrected chi connectivity index (χ4v) is 5.19. The number of amides is 2. The van der Waals surface area contributed by atoms with Crippen LogP contribution in [0.15, 0.2) is 36.0 Å². The summed E-state index contributed by atoms with van der Waals surface area (Å²) in [5, 5.41) is 5.68. The second kappa shape index (κ2) is 13.5. The zero-order chi connectivity index (χ0) is 27.9. The monoisotopic (exact) mass is 532 g/mol. The van der Waals surface area contributed by atoms with Crippen molar-refractivity contribution in [3.05, 3.63) is 36.0 Å². The topological polar surface area (TPSA) is 115 Å². The van der Waals surface area contributed by atoms with Gasteiger partial charge in [0.2, 0.25) is 11.8 Å². The third-order valence-corrected chi connectivity index (χ3v) is 7.45. The van der Waals surface area contributed by atoms with Crippen LogP contribution < -0.4 is 10.6 Å². The Kier molecular flexibility index (Phi) is 10.7. The van der Waals surface area contributed by atoms with Crippen LogP contribution in [0.3, 0.4) is 0 Å². The van der Waals surface area contributed by atoms with Crippen LogP contribution >= 0.6 is 0 Å². The molecule has 3 heterocycles. The van der Waals surface area contributed by atoms with E-state index < -0.39 is 6.10 Å². The molecule has 9 heteroatoms. The molecule has 0 aromatic carbocycles. The molecular formula is C29H44N2O7. The number of rotatable bonds is 10. The van der Waals surface area contributed by atoms with Gasteiger partial charge in [-0.2, -0.15) is 0 Å². The molecule has 3 aliphatic heterocycles. The first-order valence-corrected chi connectivity index (χ1v) is 13.6. The maximum Gasteiger partial charge on any atom is 0.303 e. The van der Waals surface area contributed by atoms with Gasteiger partial charge in [-0.1, -0.05) is 30.7 Å². The van der Waals surface area contributed by atoms with E-state index >= 15 is 0 Å². The highest BCUT2D eigenvalue weighted by Crippen LogP contribution is 2.43. The number of ether oxygens (including phenoxy) is 4. The fourth-order valence-electron chi connectivity index (χ4n) is 5.19. The van der Waals surface area contributed by atoms with Crippen molar-refractivity contribution in [2.24, 2.45) is 5.92 Å². The van der Waals surface area contributed by atoms with Gasteiger partial charge in [0.15, 0.2) is 0 Å². The first kappa shape index (κ1) is 30.1. The van der Waals surface area contributed by atoms with Gasteiger partial charge in [0, 0.05) is 32.9 Å². The van der Waals surface area contributed by atoms with Gasteiger partial charge in [-0.15, -0.1) is 0 Å². The maximum absolute atomic E-state index is 12.3. The van der Waals surface area contributed by atoms with E-state index in [1.54, 1.807) is 20.0 Å². The van der Waals surface area contributed by atoms with Gasteiger partial charge in [-0.3, -0.25) is 14.4 Å². The Morgan fingerprint density at radius 3 is 2.53 bits per heavy atom. The number of carbonyl (C=O) groups is 3. The molecule has 3 saturated heterocycles. The summed E-state index contributed by atoms with van der Waals surface area (Å²) in [7, 11) is 1.64. The van der Waals surface area contributed by atoms with Crippen molar-refractivity contribution in [2.75, 3.05) is 13.7 Å². The number of nitrogens with one attached hydrogen (secondary N) is 2.